The number of hydrogen-bond donors (Lipinski definition) is 0. The Bertz CT molecular complexity index is 939. The van der Waals surface area contributed by atoms with Crippen molar-refractivity contribution in [2.24, 2.45) is 0 Å². The summed E-state index contributed by atoms with van der Waals surface area (Å²) in [4.78, 5) is 2.49. The first-order valence-electron chi connectivity index (χ1n) is 9.82. The quantitative estimate of drug-likeness (QED) is 0.628. The van der Waals surface area contributed by atoms with E-state index in [-0.39, 0.29) is 11.1 Å². The summed E-state index contributed by atoms with van der Waals surface area (Å²) in [5, 5.41) is 0. The Kier molecular flexibility index (Phi) is 3.84. The number of anilines is 1. The topological polar surface area (TPSA) is 12.5 Å². The normalized spacial score (nSPS) is 26.0. The fraction of sp³-hybridized carbons (Fsp3) is 0.280. The number of fused-ring (bicyclic) bond motifs is 3. The lowest BCUT2D eigenvalue weighted by atomic mass is 9.70. The van der Waals surface area contributed by atoms with Gasteiger partial charge in [0.2, 0.25) is 0 Å². The summed E-state index contributed by atoms with van der Waals surface area (Å²) >= 11 is 0. The highest BCUT2D eigenvalue weighted by Gasteiger charge is 2.62. The SMILES string of the molecule is CC12OCCC1(Cc1ccccc1)c1ccccc1N2Cc1ccccc1. The zero-order valence-corrected chi connectivity index (χ0v) is 15.8. The first-order chi connectivity index (χ1) is 13.2. The highest BCUT2D eigenvalue weighted by atomic mass is 16.5. The van der Waals surface area contributed by atoms with Crippen LogP contribution in [0.25, 0.3) is 0 Å². The molecule has 3 aromatic rings. The molecule has 5 rings (SSSR count). The van der Waals surface area contributed by atoms with Crippen LogP contribution >= 0.6 is 0 Å². The highest BCUT2D eigenvalue weighted by Crippen LogP contribution is 2.59. The predicted octanol–water partition coefficient (Wildman–Crippen LogP) is 5.32. The monoisotopic (exact) mass is 355 g/mol. The second kappa shape index (κ2) is 6.24. The molecule has 2 heterocycles. The van der Waals surface area contributed by atoms with Gasteiger partial charge in [-0.1, -0.05) is 78.9 Å². The van der Waals surface area contributed by atoms with Gasteiger partial charge in [0.05, 0.1) is 12.0 Å². The van der Waals surface area contributed by atoms with Gasteiger partial charge in [-0.25, -0.2) is 0 Å². The Morgan fingerprint density at radius 3 is 2.19 bits per heavy atom. The number of ether oxygens (including phenoxy) is 1. The van der Waals surface area contributed by atoms with Crippen LogP contribution in [-0.4, -0.2) is 12.3 Å². The first kappa shape index (κ1) is 16.6. The molecule has 2 heteroatoms. The van der Waals surface area contributed by atoms with Crippen LogP contribution in [0.3, 0.4) is 0 Å². The minimum absolute atomic E-state index is 0.0142. The van der Waals surface area contributed by atoms with Crippen LogP contribution < -0.4 is 4.90 Å². The molecule has 1 saturated heterocycles. The zero-order valence-electron chi connectivity index (χ0n) is 15.8. The average Bonchev–Trinajstić information content (AvgIpc) is 3.13. The molecule has 2 atom stereocenters. The maximum atomic E-state index is 6.53. The van der Waals surface area contributed by atoms with Gasteiger partial charge in [0.15, 0.2) is 0 Å². The van der Waals surface area contributed by atoms with E-state index in [9.17, 15) is 0 Å². The van der Waals surface area contributed by atoms with Gasteiger partial charge in [-0.05, 0) is 42.5 Å². The Morgan fingerprint density at radius 1 is 0.815 bits per heavy atom. The molecule has 2 aliphatic heterocycles. The Morgan fingerprint density at radius 2 is 1.44 bits per heavy atom. The molecule has 0 aliphatic carbocycles. The van der Waals surface area contributed by atoms with Crippen LogP contribution in [0.4, 0.5) is 5.69 Å². The van der Waals surface area contributed by atoms with Gasteiger partial charge in [0.1, 0.15) is 5.72 Å². The van der Waals surface area contributed by atoms with Crippen molar-refractivity contribution in [3.63, 3.8) is 0 Å². The summed E-state index contributed by atoms with van der Waals surface area (Å²) in [6.07, 6.45) is 2.06. The van der Waals surface area contributed by atoms with Crippen LogP contribution in [0.1, 0.15) is 30.0 Å². The van der Waals surface area contributed by atoms with Gasteiger partial charge in [-0.15, -0.1) is 0 Å². The summed E-state index contributed by atoms with van der Waals surface area (Å²) in [5.41, 5.74) is 5.11. The van der Waals surface area contributed by atoms with Crippen molar-refractivity contribution in [3.8, 4) is 0 Å². The Labute approximate surface area is 161 Å². The van der Waals surface area contributed by atoms with Crippen LogP contribution in [0, 0.1) is 0 Å². The first-order valence-corrected chi connectivity index (χ1v) is 9.82. The molecule has 2 nitrogen and oxygen atoms in total. The third kappa shape index (κ3) is 2.44. The summed E-state index contributed by atoms with van der Waals surface area (Å²) < 4.78 is 6.53. The smallest absolute Gasteiger partial charge is 0.148 e. The van der Waals surface area contributed by atoms with E-state index in [2.05, 4.69) is 96.8 Å². The third-order valence-electron chi connectivity index (χ3n) is 6.56. The van der Waals surface area contributed by atoms with E-state index >= 15 is 0 Å². The van der Waals surface area contributed by atoms with Crippen molar-refractivity contribution < 1.29 is 4.74 Å². The summed E-state index contributed by atoms with van der Waals surface area (Å²) in [6.45, 7) is 3.97. The molecule has 0 N–H and O–H groups in total. The van der Waals surface area contributed by atoms with Crippen molar-refractivity contribution >= 4 is 5.69 Å². The molecular formula is C25H25NO. The number of hydrogen-bond acceptors (Lipinski definition) is 2. The zero-order chi connectivity index (χ0) is 18.3. The lowest BCUT2D eigenvalue weighted by Gasteiger charge is -2.43. The summed E-state index contributed by atoms with van der Waals surface area (Å²) in [6, 6.07) is 30.5. The minimum Gasteiger partial charge on any atom is -0.355 e. The van der Waals surface area contributed by atoms with Gasteiger partial charge in [0, 0.05) is 12.2 Å². The third-order valence-corrected chi connectivity index (χ3v) is 6.56. The number of rotatable bonds is 4. The molecular weight excluding hydrogens is 330 g/mol. The van der Waals surface area contributed by atoms with E-state index in [1.165, 1.54) is 22.4 Å². The highest BCUT2D eigenvalue weighted by molar-refractivity contribution is 5.67. The van der Waals surface area contributed by atoms with Gasteiger partial charge in [-0.3, -0.25) is 0 Å². The van der Waals surface area contributed by atoms with E-state index in [1.807, 2.05) is 0 Å². The molecule has 0 radical (unpaired) electrons. The van der Waals surface area contributed by atoms with E-state index in [4.69, 9.17) is 4.74 Å². The van der Waals surface area contributed by atoms with Gasteiger partial charge in [-0.2, -0.15) is 0 Å². The summed E-state index contributed by atoms with van der Waals surface area (Å²) in [5.74, 6) is 0. The largest absolute Gasteiger partial charge is 0.355 e. The van der Waals surface area contributed by atoms with Gasteiger partial charge < -0.3 is 9.64 Å². The van der Waals surface area contributed by atoms with E-state index < -0.39 is 0 Å². The van der Waals surface area contributed by atoms with Gasteiger partial charge >= 0.3 is 0 Å². The van der Waals surface area contributed by atoms with Crippen molar-refractivity contribution in [2.75, 3.05) is 11.5 Å². The Balaban J connectivity index is 1.63. The van der Waals surface area contributed by atoms with E-state index in [1.54, 1.807) is 0 Å². The molecule has 0 aromatic heterocycles. The molecule has 0 spiro atoms. The fourth-order valence-corrected chi connectivity index (χ4v) is 5.15. The number of nitrogens with zero attached hydrogens (tertiary/aromatic N) is 1. The standard InChI is InChI=1S/C25H25NO/c1-24-25(16-17-27-24,18-20-10-4-2-5-11-20)22-14-8-9-15-23(22)26(24)19-21-12-6-3-7-13-21/h2-15H,16-19H2,1H3. The molecule has 0 amide bonds. The minimum atomic E-state index is -0.331. The fourth-order valence-electron chi connectivity index (χ4n) is 5.15. The van der Waals surface area contributed by atoms with Crippen molar-refractivity contribution in [1.82, 2.24) is 0 Å². The van der Waals surface area contributed by atoms with E-state index in [0.29, 0.717) is 0 Å². The van der Waals surface area contributed by atoms with Crippen LogP contribution in [0.15, 0.2) is 84.9 Å². The molecule has 1 fully saturated rings. The molecule has 2 aliphatic rings. The van der Waals surface area contributed by atoms with Crippen molar-refractivity contribution in [2.45, 2.75) is 37.5 Å². The second-order valence-electron chi connectivity index (χ2n) is 7.91. The van der Waals surface area contributed by atoms with Crippen molar-refractivity contribution in [3.05, 3.63) is 102 Å². The average molecular weight is 355 g/mol. The lowest BCUT2D eigenvalue weighted by molar-refractivity contribution is -0.0136. The molecule has 0 bridgehead atoms. The van der Waals surface area contributed by atoms with Crippen LogP contribution in [0.2, 0.25) is 0 Å². The second-order valence-corrected chi connectivity index (χ2v) is 7.91. The number of para-hydroxylation sites is 1. The lowest BCUT2D eigenvalue weighted by Crippen LogP contribution is -2.54. The molecule has 27 heavy (non-hydrogen) atoms. The molecule has 3 aromatic carbocycles. The van der Waals surface area contributed by atoms with Crippen molar-refractivity contribution in [1.29, 1.82) is 0 Å². The molecule has 2 unspecified atom stereocenters. The Hall–Kier alpha value is -2.58. The molecule has 136 valence electrons. The number of benzene rings is 3. The van der Waals surface area contributed by atoms with Gasteiger partial charge in [0.25, 0.3) is 0 Å². The van der Waals surface area contributed by atoms with Crippen LogP contribution in [-0.2, 0) is 23.1 Å². The summed E-state index contributed by atoms with van der Waals surface area (Å²) in [7, 11) is 0. The predicted molar refractivity (Wildman–Crippen MR) is 110 cm³/mol. The van der Waals surface area contributed by atoms with Crippen LogP contribution in [0.5, 0.6) is 0 Å². The van der Waals surface area contributed by atoms with E-state index in [0.717, 1.165) is 26.0 Å². The maximum Gasteiger partial charge on any atom is 0.148 e. The maximum absolute atomic E-state index is 6.53. The molecule has 0 saturated carbocycles.